The van der Waals surface area contributed by atoms with Gasteiger partial charge in [-0.1, -0.05) is 0 Å². The van der Waals surface area contributed by atoms with E-state index < -0.39 is 12.4 Å². The third-order valence-electron chi connectivity index (χ3n) is 1.49. The Hall–Kier alpha value is -1.04. The first kappa shape index (κ1) is 11.0. The highest BCUT2D eigenvalue weighted by molar-refractivity contribution is 9.10. The average Bonchev–Trinajstić information content (AvgIpc) is 2.01. The molecular formula is C8H6BrF2NO2. The van der Waals surface area contributed by atoms with Crippen molar-refractivity contribution in [3.8, 4) is 0 Å². The van der Waals surface area contributed by atoms with Crippen LogP contribution in [0.15, 0.2) is 16.7 Å². The van der Waals surface area contributed by atoms with E-state index in [0.717, 1.165) is 6.20 Å². The molecule has 0 aliphatic heterocycles. The summed E-state index contributed by atoms with van der Waals surface area (Å²) < 4.78 is 24.6. The van der Waals surface area contributed by atoms with E-state index in [4.69, 9.17) is 5.11 Å². The van der Waals surface area contributed by atoms with Crippen LogP contribution in [0.25, 0.3) is 0 Å². The number of carboxylic acids is 1. The second kappa shape index (κ2) is 4.45. The smallest absolute Gasteiger partial charge is 0.307 e. The Morgan fingerprint density at radius 2 is 2.29 bits per heavy atom. The minimum Gasteiger partial charge on any atom is -0.481 e. The number of hydrogen-bond acceptors (Lipinski definition) is 2. The number of rotatable bonds is 3. The van der Waals surface area contributed by atoms with E-state index in [-0.39, 0.29) is 16.6 Å². The summed E-state index contributed by atoms with van der Waals surface area (Å²) in [6.07, 6.45) is -1.75. The number of alkyl halides is 2. The maximum atomic E-state index is 12.2. The normalized spacial score (nSPS) is 10.6. The summed E-state index contributed by atoms with van der Waals surface area (Å²) >= 11 is 2.90. The minimum atomic E-state index is -2.66. The molecule has 0 saturated heterocycles. The highest BCUT2D eigenvalue weighted by Crippen LogP contribution is 2.25. The van der Waals surface area contributed by atoms with Crippen molar-refractivity contribution in [3.05, 3.63) is 28.0 Å². The summed E-state index contributed by atoms with van der Waals surface area (Å²) in [5, 5.41) is 8.45. The molecule has 6 heteroatoms. The molecule has 0 spiro atoms. The van der Waals surface area contributed by atoms with E-state index in [9.17, 15) is 13.6 Å². The van der Waals surface area contributed by atoms with Crippen LogP contribution in [-0.4, -0.2) is 16.1 Å². The predicted molar refractivity (Wildman–Crippen MR) is 48.2 cm³/mol. The Bertz CT molecular complexity index is 357. The molecule has 0 atom stereocenters. The number of halogens is 3. The molecule has 0 amide bonds. The molecule has 0 aliphatic carbocycles. The molecule has 1 aromatic rings. The Kier molecular flexibility index (Phi) is 3.51. The second-order valence-corrected chi connectivity index (χ2v) is 3.44. The maximum Gasteiger partial charge on any atom is 0.307 e. The molecule has 76 valence electrons. The third kappa shape index (κ3) is 2.73. The number of aromatic nitrogens is 1. The van der Waals surface area contributed by atoms with Gasteiger partial charge in [0, 0.05) is 10.7 Å². The summed E-state index contributed by atoms with van der Waals surface area (Å²) in [5.74, 6) is -1.02. The van der Waals surface area contributed by atoms with Crippen LogP contribution in [0.2, 0.25) is 0 Å². The van der Waals surface area contributed by atoms with Crippen LogP contribution in [0.1, 0.15) is 17.7 Å². The number of pyridine rings is 1. The fraction of sp³-hybridized carbons (Fsp3) is 0.250. The summed E-state index contributed by atoms with van der Waals surface area (Å²) in [7, 11) is 0. The van der Waals surface area contributed by atoms with E-state index in [1.165, 1.54) is 6.07 Å². The van der Waals surface area contributed by atoms with Gasteiger partial charge in [-0.05, 0) is 27.6 Å². The second-order valence-electron chi connectivity index (χ2n) is 2.58. The van der Waals surface area contributed by atoms with E-state index in [1.807, 2.05) is 0 Å². The summed E-state index contributed by atoms with van der Waals surface area (Å²) in [6.45, 7) is 0. The minimum absolute atomic E-state index is 0.131. The van der Waals surface area contributed by atoms with Gasteiger partial charge in [-0.25, -0.2) is 8.78 Å². The molecule has 0 unspecified atom stereocenters. The van der Waals surface area contributed by atoms with E-state index in [2.05, 4.69) is 20.9 Å². The van der Waals surface area contributed by atoms with Crippen molar-refractivity contribution in [3.63, 3.8) is 0 Å². The van der Waals surface area contributed by atoms with Gasteiger partial charge >= 0.3 is 5.97 Å². The number of aliphatic carboxylic acids is 1. The van der Waals surface area contributed by atoms with Crippen molar-refractivity contribution in [2.24, 2.45) is 0 Å². The SMILES string of the molecule is O=C(O)Cc1cnc(C(F)F)c(Br)c1. The lowest BCUT2D eigenvalue weighted by molar-refractivity contribution is -0.136. The molecule has 1 heterocycles. The number of hydrogen-bond donors (Lipinski definition) is 1. The lowest BCUT2D eigenvalue weighted by Crippen LogP contribution is -2.02. The highest BCUT2D eigenvalue weighted by Gasteiger charge is 2.14. The summed E-state index contributed by atoms with van der Waals surface area (Å²) in [6, 6.07) is 1.34. The van der Waals surface area contributed by atoms with Crippen LogP contribution in [0, 0.1) is 0 Å². The largest absolute Gasteiger partial charge is 0.481 e. The van der Waals surface area contributed by atoms with Crippen molar-refractivity contribution in [1.82, 2.24) is 4.98 Å². The molecule has 0 fully saturated rings. The zero-order valence-corrected chi connectivity index (χ0v) is 8.46. The first-order valence-electron chi connectivity index (χ1n) is 3.65. The molecule has 0 saturated carbocycles. The monoisotopic (exact) mass is 265 g/mol. The summed E-state index contributed by atoms with van der Waals surface area (Å²) in [5.41, 5.74) is 0.00733. The van der Waals surface area contributed by atoms with Crippen molar-refractivity contribution in [2.45, 2.75) is 12.8 Å². The topological polar surface area (TPSA) is 50.2 Å². The first-order valence-corrected chi connectivity index (χ1v) is 4.44. The lowest BCUT2D eigenvalue weighted by atomic mass is 10.2. The Morgan fingerprint density at radius 1 is 1.64 bits per heavy atom. The van der Waals surface area contributed by atoms with Gasteiger partial charge in [0.2, 0.25) is 0 Å². The van der Waals surface area contributed by atoms with Crippen molar-refractivity contribution in [1.29, 1.82) is 0 Å². The van der Waals surface area contributed by atoms with Crippen LogP contribution >= 0.6 is 15.9 Å². The molecule has 0 aromatic carbocycles. The highest BCUT2D eigenvalue weighted by atomic mass is 79.9. The fourth-order valence-electron chi connectivity index (χ4n) is 0.920. The predicted octanol–water partition coefficient (Wildman–Crippen LogP) is 2.41. The molecule has 0 bridgehead atoms. The van der Waals surface area contributed by atoms with Crippen molar-refractivity contribution in [2.75, 3.05) is 0 Å². The zero-order valence-electron chi connectivity index (χ0n) is 6.88. The number of carboxylic acid groups (broad SMARTS) is 1. The van der Waals surface area contributed by atoms with E-state index in [1.54, 1.807) is 0 Å². The maximum absolute atomic E-state index is 12.2. The van der Waals surface area contributed by atoms with Gasteiger partial charge in [-0.2, -0.15) is 0 Å². The Morgan fingerprint density at radius 3 is 2.71 bits per heavy atom. The molecule has 0 aliphatic rings. The standard InChI is InChI=1S/C8H6BrF2NO2/c9-5-1-4(2-6(13)14)3-12-7(5)8(10)11/h1,3,8H,2H2,(H,13,14). The van der Waals surface area contributed by atoms with Crippen molar-refractivity contribution < 1.29 is 18.7 Å². The Labute approximate surface area is 86.9 Å². The van der Waals surface area contributed by atoms with E-state index in [0.29, 0.717) is 5.56 Å². The van der Waals surface area contributed by atoms with Crippen LogP contribution in [-0.2, 0) is 11.2 Å². The molecule has 1 rings (SSSR count). The quantitative estimate of drug-likeness (QED) is 0.913. The molecular weight excluding hydrogens is 260 g/mol. The van der Waals surface area contributed by atoms with Gasteiger partial charge in [0.15, 0.2) is 0 Å². The molecule has 1 N–H and O–H groups in total. The van der Waals surface area contributed by atoms with Crippen LogP contribution in [0.3, 0.4) is 0 Å². The number of carbonyl (C=O) groups is 1. The van der Waals surface area contributed by atoms with Gasteiger partial charge < -0.3 is 5.11 Å². The number of nitrogens with zero attached hydrogens (tertiary/aromatic N) is 1. The molecule has 3 nitrogen and oxygen atoms in total. The van der Waals surface area contributed by atoms with Crippen LogP contribution in [0.4, 0.5) is 8.78 Å². The van der Waals surface area contributed by atoms with Gasteiger partial charge in [-0.15, -0.1) is 0 Å². The van der Waals surface area contributed by atoms with Crippen LogP contribution in [0.5, 0.6) is 0 Å². The lowest BCUT2D eigenvalue weighted by Gasteiger charge is -2.03. The Balaban J connectivity index is 2.94. The van der Waals surface area contributed by atoms with Crippen LogP contribution < -0.4 is 0 Å². The van der Waals surface area contributed by atoms with Gasteiger partial charge in [0.05, 0.1) is 6.42 Å². The molecule has 0 radical (unpaired) electrons. The van der Waals surface area contributed by atoms with Crippen molar-refractivity contribution >= 4 is 21.9 Å². The fourth-order valence-corrected chi connectivity index (χ4v) is 1.49. The van der Waals surface area contributed by atoms with Gasteiger partial charge in [0.1, 0.15) is 5.69 Å². The first-order chi connectivity index (χ1) is 6.50. The van der Waals surface area contributed by atoms with Gasteiger partial charge in [0.25, 0.3) is 6.43 Å². The average molecular weight is 266 g/mol. The summed E-state index contributed by atoms with van der Waals surface area (Å²) in [4.78, 5) is 13.8. The van der Waals surface area contributed by atoms with Gasteiger partial charge in [-0.3, -0.25) is 9.78 Å². The molecule has 1 aromatic heterocycles. The third-order valence-corrected chi connectivity index (χ3v) is 2.12. The molecule has 14 heavy (non-hydrogen) atoms. The van der Waals surface area contributed by atoms with E-state index >= 15 is 0 Å². The zero-order chi connectivity index (χ0) is 10.7.